The molecule has 0 aliphatic heterocycles. The minimum atomic E-state index is -0.213. The first-order chi connectivity index (χ1) is 13.1. The molecule has 0 saturated carbocycles. The molecule has 0 atom stereocenters. The smallest absolute Gasteiger partial charge is 0.132 e. The highest BCUT2D eigenvalue weighted by Crippen LogP contribution is 2.31. The fraction of sp³-hybridized carbons (Fsp3) is 0.182. The Kier molecular flexibility index (Phi) is 4.69. The second kappa shape index (κ2) is 7.29. The van der Waals surface area contributed by atoms with Crippen molar-refractivity contribution in [3.05, 3.63) is 83.2 Å². The number of aryl methyl sites for hydroxylation is 2. The first-order valence-corrected chi connectivity index (χ1v) is 8.96. The van der Waals surface area contributed by atoms with Crippen LogP contribution in [0.25, 0.3) is 22.2 Å². The molecular formula is C22H21FN4. The van der Waals surface area contributed by atoms with Gasteiger partial charge in [0, 0.05) is 47.0 Å². The van der Waals surface area contributed by atoms with Crippen LogP contribution in [0.4, 0.5) is 4.39 Å². The van der Waals surface area contributed by atoms with Gasteiger partial charge in [-0.05, 0) is 49.2 Å². The number of hydrogen-bond donors (Lipinski definition) is 2. The van der Waals surface area contributed by atoms with Crippen LogP contribution in [0, 0.1) is 19.7 Å². The third-order valence-corrected chi connectivity index (χ3v) is 4.92. The molecule has 136 valence electrons. The summed E-state index contributed by atoms with van der Waals surface area (Å²) in [5.74, 6) is -0.213. The number of nitrogens with zero attached hydrogens (tertiary/aromatic N) is 2. The van der Waals surface area contributed by atoms with Crippen molar-refractivity contribution in [2.24, 2.45) is 0 Å². The normalized spacial score (nSPS) is 11.2. The van der Waals surface area contributed by atoms with Gasteiger partial charge in [-0.1, -0.05) is 18.2 Å². The fourth-order valence-electron chi connectivity index (χ4n) is 3.35. The van der Waals surface area contributed by atoms with E-state index in [1.807, 2.05) is 26.1 Å². The third kappa shape index (κ3) is 3.46. The van der Waals surface area contributed by atoms with Crippen LogP contribution in [-0.2, 0) is 13.1 Å². The van der Waals surface area contributed by atoms with E-state index in [2.05, 4.69) is 38.5 Å². The minimum absolute atomic E-state index is 0.213. The Morgan fingerprint density at radius 1 is 1.07 bits per heavy atom. The number of benzene rings is 2. The lowest BCUT2D eigenvalue weighted by atomic mass is 10.0. The van der Waals surface area contributed by atoms with Crippen molar-refractivity contribution < 1.29 is 4.39 Å². The molecule has 4 nitrogen and oxygen atoms in total. The van der Waals surface area contributed by atoms with Crippen LogP contribution in [0.2, 0.25) is 0 Å². The molecule has 0 aliphatic carbocycles. The quantitative estimate of drug-likeness (QED) is 0.544. The topological polar surface area (TPSA) is 53.6 Å². The number of nitrogens with one attached hydrogen (secondary N) is 2. The summed E-state index contributed by atoms with van der Waals surface area (Å²) in [5.41, 5.74) is 6.78. The summed E-state index contributed by atoms with van der Waals surface area (Å²) >= 11 is 0. The number of fused-ring (bicyclic) bond motifs is 1. The molecule has 0 amide bonds. The minimum Gasteiger partial charge on any atom is -0.354 e. The maximum atomic E-state index is 14.2. The van der Waals surface area contributed by atoms with Gasteiger partial charge in [-0.3, -0.25) is 0 Å². The molecule has 0 fully saturated rings. The van der Waals surface area contributed by atoms with Crippen LogP contribution in [-0.4, -0.2) is 15.0 Å². The number of hydrogen-bond acceptors (Lipinski definition) is 3. The van der Waals surface area contributed by atoms with Gasteiger partial charge in [0.25, 0.3) is 0 Å². The van der Waals surface area contributed by atoms with Gasteiger partial charge in [-0.15, -0.1) is 0 Å². The summed E-state index contributed by atoms with van der Waals surface area (Å²) in [6.07, 6.45) is 3.41. The standard InChI is InChI=1S/C22H21FN4/c1-14-19-9-16(10-24-11-17-12-25-13-26-15(17)2)7-8-21(19)27-22(14)18-5-3-4-6-20(18)23/h3-9,12-13,24,27H,10-11H2,1-2H3. The third-order valence-electron chi connectivity index (χ3n) is 4.92. The molecule has 2 aromatic heterocycles. The van der Waals surface area contributed by atoms with Crippen LogP contribution < -0.4 is 5.32 Å². The Morgan fingerprint density at radius 2 is 1.93 bits per heavy atom. The van der Waals surface area contributed by atoms with E-state index in [9.17, 15) is 4.39 Å². The SMILES string of the molecule is Cc1ncncc1CNCc1ccc2[nH]c(-c3ccccc3F)c(C)c2c1. The van der Waals surface area contributed by atoms with Gasteiger partial charge >= 0.3 is 0 Å². The molecule has 0 radical (unpaired) electrons. The van der Waals surface area contributed by atoms with E-state index >= 15 is 0 Å². The van der Waals surface area contributed by atoms with E-state index in [1.165, 1.54) is 11.6 Å². The Hall–Kier alpha value is -3.05. The molecule has 4 rings (SSSR count). The molecule has 4 aromatic rings. The van der Waals surface area contributed by atoms with Crippen molar-refractivity contribution in [1.82, 2.24) is 20.3 Å². The van der Waals surface area contributed by atoms with Gasteiger partial charge in [0.05, 0.1) is 5.69 Å². The Morgan fingerprint density at radius 3 is 2.74 bits per heavy atom. The Bertz CT molecular complexity index is 1100. The second-order valence-corrected chi connectivity index (χ2v) is 6.72. The molecule has 2 aromatic carbocycles. The van der Waals surface area contributed by atoms with Crippen molar-refractivity contribution in [3.8, 4) is 11.3 Å². The maximum absolute atomic E-state index is 14.2. The average Bonchev–Trinajstić information content (AvgIpc) is 3.00. The zero-order valence-corrected chi connectivity index (χ0v) is 15.4. The summed E-state index contributed by atoms with van der Waals surface area (Å²) in [6.45, 7) is 5.47. The Balaban J connectivity index is 1.57. The predicted molar refractivity (Wildman–Crippen MR) is 106 cm³/mol. The molecule has 2 heterocycles. The molecule has 27 heavy (non-hydrogen) atoms. The summed E-state index contributed by atoms with van der Waals surface area (Å²) in [6, 6.07) is 13.2. The van der Waals surface area contributed by atoms with Gasteiger partial charge in [0.1, 0.15) is 12.1 Å². The van der Waals surface area contributed by atoms with E-state index in [4.69, 9.17) is 0 Å². The monoisotopic (exact) mass is 360 g/mol. The van der Waals surface area contributed by atoms with E-state index in [-0.39, 0.29) is 5.82 Å². The summed E-state index contributed by atoms with van der Waals surface area (Å²) < 4.78 is 14.2. The average molecular weight is 360 g/mol. The molecule has 5 heteroatoms. The number of rotatable bonds is 5. The van der Waals surface area contributed by atoms with Crippen molar-refractivity contribution in [3.63, 3.8) is 0 Å². The molecule has 0 spiro atoms. The number of halogens is 1. The lowest BCUT2D eigenvalue weighted by Crippen LogP contribution is -2.14. The second-order valence-electron chi connectivity index (χ2n) is 6.72. The van der Waals surface area contributed by atoms with E-state index in [0.29, 0.717) is 5.56 Å². The van der Waals surface area contributed by atoms with Crippen LogP contribution in [0.5, 0.6) is 0 Å². The first kappa shape index (κ1) is 17.4. The largest absolute Gasteiger partial charge is 0.354 e. The van der Waals surface area contributed by atoms with Crippen LogP contribution in [0.1, 0.15) is 22.4 Å². The number of H-pyrrole nitrogens is 1. The van der Waals surface area contributed by atoms with Crippen LogP contribution in [0.3, 0.4) is 0 Å². The molecular weight excluding hydrogens is 339 g/mol. The van der Waals surface area contributed by atoms with E-state index in [1.54, 1.807) is 18.5 Å². The molecule has 0 unspecified atom stereocenters. The van der Waals surface area contributed by atoms with Crippen molar-refractivity contribution in [2.75, 3.05) is 0 Å². The predicted octanol–water partition coefficient (Wildman–Crippen LogP) is 4.67. The van der Waals surface area contributed by atoms with Crippen LogP contribution in [0.15, 0.2) is 55.0 Å². The summed E-state index contributed by atoms with van der Waals surface area (Å²) in [5, 5.41) is 4.56. The summed E-state index contributed by atoms with van der Waals surface area (Å²) in [7, 11) is 0. The zero-order chi connectivity index (χ0) is 18.8. The molecule has 0 bridgehead atoms. The maximum Gasteiger partial charge on any atom is 0.132 e. The molecule has 0 aliphatic rings. The fourth-order valence-corrected chi connectivity index (χ4v) is 3.35. The van der Waals surface area contributed by atoms with Gasteiger partial charge in [-0.25, -0.2) is 14.4 Å². The van der Waals surface area contributed by atoms with E-state index < -0.39 is 0 Å². The zero-order valence-electron chi connectivity index (χ0n) is 15.4. The van der Waals surface area contributed by atoms with Crippen molar-refractivity contribution >= 4 is 10.9 Å². The van der Waals surface area contributed by atoms with Crippen LogP contribution >= 0.6 is 0 Å². The highest BCUT2D eigenvalue weighted by molar-refractivity contribution is 5.91. The van der Waals surface area contributed by atoms with Gasteiger partial charge in [0.15, 0.2) is 0 Å². The van der Waals surface area contributed by atoms with Crippen molar-refractivity contribution in [1.29, 1.82) is 0 Å². The number of aromatic nitrogens is 3. The molecule has 0 saturated heterocycles. The van der Waals surface area contributed by atoms with Crippen molar-refractivity contribution in [2.45, 2.75) is 26.9 Å². The summed E-state index contributed by atoms with van der Waals surface area (Å²) in [4.78, 5) is 11.6. The lowest BCUT2D eigenvalue weighted by molar-refractivity contribution is 0.631. The van der Waals surface area contributed by atoms with Gasteiger partial charge < -0.3 is 10.3 Å². The Labute approximate surface area is 157 Å². The van der Waals surface area contributed by atoms with Gasteiger partial charge in [0.2, 0.25) is 0 Å². The van der Waals surface area contributed by atoms with E-state index in [0.717, 1.165) is 46.5 Å². The lowest BCUT2D eigenvalue weighted by Gasteiger charge is -2.07. The van der Waals surface area contributed by atoms with Gasteiger partial charge in [-0.2, -0.15) is 0 Å². The number of aromatic amines is 1. The first-order valence-electron chi connectivity index (χ1n) is 8.96. The highest BCUT2D eigenvalue weighted by atomic mass is 19.1. The molecule has 2 N–H and O–H groups in total. The highest BCUT2D eigenvalue weighted by Gasteiger charge is 2.13.